The van der Waals surface area contributed by atoms with E-state index in [9.17, 15) is 4.79 Å². The molecule has 0 bridgehead atoms. The zero-order chi connectivity index (χ0) is 21.8. The lowest BCUT2D eigenvalue weighted by Crippen LogP contribution is -2.18. The molecule has 1 atom stereocenters. The van der Waals surface area contributed by atoms with Gasteiger partial charge >= 0.3 is 0 Å². The van der Waals surface area contributed by atoms with E-state index in [1.54, 1.807) is 50.1 Å². The zero-order valence-corrected chi connectivity index (χ0v) is 18.8. The molecule has 31 heavy (non-hydrogen) atoms. The minimum absolute atomic E-state index is 0.118. The first-order valence-corrected chi connectivity index (χ1v) is 11.2. The van der Waals surface area contributed by atoms with Gasteiger partial charge in [0, 0.05) is 29.9 Å². The van der Waals surface area contributed by atoms with Crippen molar-refractivity contribution in [2.45, 2.75) is 32.7 Å². The number of amides is 1. The van der Waals surface area contributed by atoms with Crippen LogP contribution in [0.3, 0.4) is 0 Å². The molecule has 162 valence electrons. The second-order valence-corrected chi connectivity index (χ2v) is 8.89. The van der Waals surface area contributed by atoms with E-state index in [0.717, 1.165) is 35.4 Å². The summed E-state index contributed by atoms with van der Waals surface area (Å²) >= 11 is 1.70. The molecular weight excluding hydrogens is 410 g/mol. The maximum absolute atomic E-state index is 13.4. The lowest BCUT2D eigenvalue weighted by atomic mass is 9.88. The van der Waals surface area contributed by atoms with Gasteiger partial charge in [-0.25, -0.2) is 0 Å². The number of nitrogens with one attached hydrogen (secondary N) is 2. The molecule has 1 amide bonds. The van der Waals surface area contributed by atoms with Crippen LogP contribution in [-0.4, -0.2) is 25.1 Å². The van der Waals surface area contributed by atoms with Gasteiger partial charge in [0.25, 0.3) is 5.91 Å². The highest BCUT2D eigenvalue weighted by Crippen LogP contribution is 2.40. The van der Waals surface area contributed by atoms with Crippen molar-refractivity contribution >= 4 is 27.9 Å². The van der Waals surface area contributed by atoms with Crippen LogP contribution in [0, 0.1) is 5.92 Å². The van der Waals surface area contributed by atoms with Crippen LogP contribution in [0.15, 0.2) is 42.7 Å². The number of nitrogens with zero attached hydrogens (tertiary/aromatic N) is 1. The fourth-order valence-corrected chi connectivity index (χ4v) is 5.29. The molecule has 0 radical (unpaired) electrons. The summed E-state index contributed by atoms with van der Waals surface area (Å²) in [7, 11) is 3.19. The summed E-state index contributed by atoms with van der Waals surface area (Å²) in [5.41, 5.74) is 3.67. The number of carbonyl (C=O) groups is 1. The number of hydrogen-bond acceptors (Lipinski definition) is 6. The molecule has 0 aliphatic heterocycles. The Morgan fingerprint density at radius 1 is 1.19 bits per heavy atom. The minimum atomic E-state index is -0.118. The predicted molar refractivity (Wildman–Crippen MR) is 125 cm³/mol. The molecule has 0 fully saturated rings. The molecule has 1 aliphatic carbocycles. The number of rotatable bonds is 7. The number of methoxy groups -OCH3 is 2. The van der Waals surface area contributed by atoms with Crippen molar-refractivity contribution in [1.82, 2.24) is 4.98 Å². The number of hydrogen-bond donors (Lipinski definition) is 2. The van der Waals surface area contributed by atoms with Crippen LogP contribution in [0.1, 0.15) is 39.7 Å². The normalized spacial score (nSPS) is 15.1. The van der Waals surface area contributed by atoms with Crippen LogP contribution in [0.2, 0.25) is 0 Å². The van der Waals surface area contributed by atoms with E-state index in [4.69, 9.17) is 9.47 Å². The number of carbonyl (C=O) groups excluding carboxylic acids is 1. The number of ether oxygens (including phenoxy) is 2. The summed E-state index contributed by atoms with van der Waals surface area (Å²) in [6.07, 6.45) is 6.60. The van der Waals surface area contributed by atoms with Gasteiger partial charge in [-0.2, -0.15) is 0 Å². The van der Waals surface area contributed by atoms with Gasteiger partial charge in [-0.05, 0) is 60.6 Å². The van der Waals surface area contributed by atoms with Crippen LogP contribution < -0.4 is 20.1 Å². The summed E-state index contributed by atoms with van der Waals surface area (Å²) < 4.78 is 10.7. The Balaban J connectivity index is 1.63. The van der Waals surface area contributed by atoms with Crippen molar-refractivity contribution in [3.63, 3.8) is 0 Å². The standard InChI is InChI=1S/C24H27N3O3S/c1-15-4-6-18-21(12-15)31-24(26-14-16-8-10-25-11-9-16)22(18)23(28)27-19-7-5-17(29-2)13-20(19)30-3/h5,7-11,13,15,26H,4,6,12,14H2,1-3H3,(H,27,28)/t15-/m0/s1. The van der Waals surface area contributed by atoms with Crippen molar-refractivity contribution in [3.8, 4) is 11.5 Å². The molecule has 0 spiro atoms. The average molecular weight is 438 g/mol. The molecule has 6 nitrogen and oxygen atoms in total. The third kappa shape index (κ3) is 4.66. The summed E-state index contributed by atoms with van der Waals surface area (Å²) in [6, 6.07) is 9.34. The first-order chi connectivity index (χ1) is 15.1. The van der Waals surface area contributed by atoms with Crippen molar-refractivity contribution in [3.05, 3.63) is 64.3 Å². The third-order valence-corrected chi connectivity index (χ3v) is 6.81. The summed E-state index contributed by atoms with van der Waals surface area (Å²) in [4.78, 5) is 18.8. The Labute approximate surface area is 186 Å². The predicted octanol–water partition coefficient (Wildman–Crippen LogP) is 5.15. The molecule has 1 aromatic carbocycles. The molecule has 0 saturated heterocycles. The summed E-state index contributed by atoms with van der Waals surface area (Å²) in [5, 5.41) is 7.46. The van der Waals surface area contributed by atoms with Crippen LogP contribution >= 0.6 is 11.3 Å². The Hall–Kier alpha value is -3.06. The number of aromatic nitrogens is 1. The monoisotopic (exact) mass is 437 g/mol. The molecule has 7 heteroatoms. The lowest BCUT2D eigenvalue weighted by Gasteiger charge is -2.19. The fourth-order valence-electron chi connectivity index (χ4n) is 3.89. The fraction of sp³-hybridized carbons (Fsp3) is 0.333. The Kier molecular flexibility index (Phi) is 6.42. The van der Waals surface area contributed by atoms with Gasteiger partial charge < -0.3 is 20.1 Å². The van der Waals surface area contributed by atoms with E-state index in [-0.39, 0.29) is 5.91 Å². The Morgan fingerprint density at radius 3 is 2.74 bits per heavy atom. The molecule has 0 saturated carbocycles. The quantitative estimate of drug-likeness (QED) is 0.535. The SMILES string of the molecule is COc1ccc(NC(=O)c2c(NCc3ccncc3)sc3c2CC[C@H](C)C3)c(OC)c1. The van der Waals surface area contributed by atoms with Crippen molar-refractivity contribution in [1.29, 1.82) is 0 Å². The minimum Gasteiger partial charge on any atom is -0.497 e. The van der Waals surface area contributed by atoms with Gasteiger partial charge in [0.05, 0.1) is 25.5 Å². The van der Waals surface area contributed by atoms with Crippen LogP contribution in [0.4, 0.5) is 10.7 Å². The van der Waals surface area contributed by atoms with Gasteiger partial charge in [0.15, 0.2) is 0 Å². The molecule has 1 aliphatic rings. The van der Waals surface area contributed by atoms with E-state index in [1.807, 2.05) is 18.2 Å². The molecule has 3 aromatic rings. The number of pyridine rings is 1. The highest BCUT2D eigenvalue weighted by molar-refractivity contribution is 7.16. The molecular formula is C24H27N3O3S. The highest BCUT2D eigenvalue weighted by atomic mass is 32.1. The van der Waals surface area contributed by atoms with Crippen molar-refractivity contribution < 1.29 is 14.3 Å². The first kappa shape index (κ1) is 21.2. The number of thiophene rings is 1. The van der Waals surface area contributed by atoms with E-state index in [1.165, 1.54) is 10.4 Å². The molecule has 2 N–H and O–H groups in total. The van der Waals surface area contributed by atoms with Crippen molar-refractivity contribution in [2.75, 3.05) is 24.9 Å². The molecule has 4 rings (SSSR count). The van der Waals surface area contributed by atoms with E-state index in [2.05, 4.69) is 22.5 Å². The van der Waals surface area contributed by atoms with Crippen LogP contribution in [0.5, 0.6) is 11.5 Å². The maximum Gasteiger partial charge on any atom is 0.259 e. The molecule has 2 heterocycles. The number of benzene rings is 1. The second-order valence-electron chi connectivity index (χ2n) is 7.79. The smallest absolute Gasteiger partial charge is 0.259 e. The van der Waals surface area contributed by atoms with E-state index < -0.39 is 0 Å². The maximum atomic E-state index is 13.4. The van der Waals surface area contributed by atoms with Gasteiger partial charge in [0.1, 0.15) is 16.5 Å². The van der Waals surface area contributed by atoms with E-state index in [0.29, 0.717) is 29.6 Å². The molecule has 0 unspecified atom stereocenters. The largest absolute Gasteiger partial charge is 0.497 e. The molecule has 2 aromatic heterocycles. The van der Waals surface area contributed by atoms with Gasteiger partial charge in [0.2, 0.25) is 0 Å². The summed E-state index contributed by atoms with van der Waals surface area (Å²) in [5.74, 6) is 1.76. The van der Waals surface area contributed by atoms with Gasteiger partial charge in [-0.15, -0.1) is 11.3 Å². The van der Waals surface area contributed by atoms with Crippen molar-refractivity contribution in [2.24, 2.45) is 5.92 Å². The van der Waals surface area contributed by atoms with Crippen LogP contribution in [0.25, 0.3) is 0 Å². The number of anilines is 2. The Bertz CT molecular complexity index is 1070. The number of fused-ring (bicyclic) bond motifs is 1. The topological polar surface area (TPSA) is 72.5 Å². The lowest BCUT2D eigenvalue weighted by molar-refractivity contribution is 0.102. The highest BCUT2D eigenvalue weighted by Gasteiger charge is 2.28. The van der Waals surface area contributed by atoms with Crippen LogP contribution in [-0.2, 0) is 19.4 Å². The Morgan fingerprint density at radius 2 is 2.00 bits per heavy atom. The van der Waals surface area contributed by atoms with Gasteiger partial charge in [-0.3, -0.25) is 9.78 Å². The zero-order valence-electron chi connectivity index (χ0n) is 18.0. The average Bonchev–Trinajstić information content (AvgIpc) is 3.16. The van der Waals surface area contributed by atoms with Gasteiger partial charge in [-0.1, -0.05) is 6.92 Å². The van der Waals surface area contributed by atoms with E-state index >= 15 is 0 Å². The summed E-state index contributed by atoms with van der Waals surface area (Å²) in [6.45, 7) is 2.91. The third-order valence-electron chi connectivity index (χ3n) is 5.60. The second kappa shape index (κ2) is 9.39. The first-order valence-electron chi connectivity index (χ1n) is 10.4.